The first-order valence-corrected chi connectivity index (χ1v) is 4.72. The summed E-state index contributed by atoms with van der Waals surface area (Å²) in [6.07, 6.45) is -4.83. The fourth-order valence-electron chi connectivity index (χ4n) is 0.898. The van der Waals surface area contributed by atoms with E-state index in [1.165, 1.54) is 18.2 Å². The molecule has 0 radical (unpaired) electrons. The molecule has 0 amide bonds. The lowest BCUT2D eigenvalue weighted by Gasteiger charge is -2.12. The molecule has 0 aliphatic heterocycles. The summed E-state index contributed by atoms with van der Waals surface area (Å²) in [5, 5.41) is 0. The summed E-state index contributed by atoms with van der Waals surface area (Å²) in [7, 11) is 0. The first-order chi connectivity index (χ1) is 7.42. The van der Waals surface area contributed by atoms with Crippen molar-refractivity contribution >= 4 is 18.6 Å². The van der Waals surface area contributed by atoms with Crippen LogP contribution in [-0.4, -0.2) is 18.1 Å². The fraction of sp³-hybridized carbons (Fsp3) is 0.222. The molecule has 0 atom stereocenters. The van der Waals surface area contributed by atoms with Gasteiger partial charge in [0.15, 0.2) is 11.5 Å². The van der Waals surface area contributed by atoms with Crippen LogP contribution in [-0.2, 0) is 4.79 Å². The Hall–Kier alpha value is -1.37. The van der Waals surface area contributed by atoms with Gasteiger partial charge in [0.25, 0.3) is 0 Å². The van der Waals surface area contributed by atoms with Crippen LogP contribution in [0.2, 0.25) is 0 Å². The van der Waals surface area contributed by atoms with Crippen LogP contribution < -0.4 is 9.47 Å². The molecule has 0 N–H and O–H groups in total. The van der Waals surface area contributed by atoms with Crippen LogP contribution in [0.3, 0.4) is 0 Å². The van der Waals surface area contributed by atoms with E-state index in [2.05, 4.69) is 22.1 Å². The van der Waals surface area contributed by atoms with Gasteiger partial charge in [-0.1, -0.05) is 12.1 Å². The average molecular weight is 252 g/mol. The molecule has 0 saturated heterocycles. The predicted molar refractivity (Wildman–Crippen MR) is 52.6 cm³/mol. The van der Waals surface area contributed by atoms with E-state index >= 15 is 0 Å². The van der Waals surface area contributed by atoms with Crippen LogP contribution >= 0.6 is 12.6 Å². The number of carbonyl (C=O) groups excluding carboxylic acids is 1. The maximum Gasteiger partial charge on any atom is 0.573 e. The minimum atomic E-state index is -4.83. The van der Waals surface area contributed by atoms with Gasteiger partial charge in [-0.05, 0) is 12.1 Å². The molecular formula is C9H7F3O3S. The number of para-hydroxylation sites is 2. The molecule has 0 aromatic heterocycles. The van der Waals surface area contributed by atoms with E-state index in [1.54, 1.807) is 0 Å². The fourth-order valence-corrected chi connectivity index (χ4v) is 0.963. The third-order valence-corrected chi connectivity index (χ3v) is 1.69. The van der Waals surface area contributed by atoms with Gasteiger partial charge in [-0.15, -0.1) is 13.2 Å². The van der Waals surface area contributed by atoms with E-state index in [4.69, 9.17) is 0 Å². The molecule has 16 heavy (non-hydrogen) atoms. The summed E-state index contributed by atoms with van der Waals surface area (Å²) in [5.74, 6) is -1.86. The molecule has 0 heterocycles. The van der Waals surface area contributed by atoms with Crippen molar-refractivity contribution in [2.75, 3.05) is 5.75 Å². The standard InChI is InChI=1S/C9H7F3O3S/c10-9(11,12)15-7-4-2-1-3-6(7)14-8(13)5-16/h1-4,16H,5H2. The zero-order valence-corrected chi connectivity index (χ0v) is 8.72. The second-order valence-electron chi connectivity index (χ2n) is 2.63. The number of halogens is 3. The summed E-state index contributed by atoms with van der Waals surface area (Å²) in [4.78, 5) is 10.9. The third-order valence-electron chi connectivity index (χ3n) is 1.43. The van der Waals surface area contributed by atoms with E-state index in [0.29, 0.717) is 0 Å². The number of carbonyl (C=O) groups is 1. The predicted octanol–water partition coefficient (Wildman–Crippen LogP) is 2.42. The Bertz CT molecular complexity index is 379. The minimum absolute atomic E-state index is 0.236. The number of benzene rings is 1. The van der Waals surface area contributed by atoms with Crippen molar-refractivity contribution in [2.45, 2.75) is 6.36 Å². The second kappa shape index (κ2) is 5.11. The Morgan fingerprint density at radius 1 is 1.25 bits per heavy atom. The lowest BCUT2D eigenvalue weighted by Crippen LogP contribution is -2.18. The highest BCUT2D eigenvalue weighted by molar-refractivity contribution is 7.81. The van der Waals surface area contributed by atoms with Crippen molar-refractivity contribution in [1.82, 2.24) is 0 Å². The normalized spacial score (nSPS) is 11.0. The summed E-state index contributed by atoms with van der Waals surface area (Å²) in [6.45, 7) is 0. The Kier molecular flexibility index (Phi) is 4.05. The molecule has 3 nitrogen and oxygen atoms in total. The number of esters is 1. The van der Waals surface area contributed by atoms with Crippen LogP contribution in [0.4, 0.5) is 13.2 Å². The van der Waals surface area contributed by atoms with Crippen molar-refractivity contribution in [1.29, 1.82) is 0 Å². The van der Waals surface area contributed by atoms with Crippen molar-refractivity contribution in [3.63, 3.8) is 0 Å². The zero-order valence-electron chi connectivity index (χ0n) is 7.82. The van der Waals surface area contributed by atoms with Crippen molar-refractivity contribution in [3.05, 3.63) is 24.3 Å². The van der Waals surface area contributed by atoms with E-state index in [0.717, 1.165) is 6.07 Å². The summed E-state index contributed by atoms with van der Waals surface area (Å²) >= 11 is 3.63. The summed E-state index contributed by atoms with van der Waals surface area (Å²) < 4.78 is 44.2. The second-order valence-corrected chi connectivity index (χ2v) is 2.94. The van der Waals surface area contributed by atoms with E-state index in [9.17, 15) is 18.0 Å². The molecule has 1 aromatic carbocycles. The molecule has 1 rings (SSSR count). The van der Waals surface area contributed by atoms with Crippen LogP contribution in [0.15, 0.2) is 24.3 Å². The smallest absolute Gasteiger partial charge is 0.422 e. The lowest BCUT2D eigenvalue weighted by molar-refractivity contribution is -0.275. The number of rotatable bonds is 3. The van der Waals surface area contributed by atoms with Gasteiger partial charge in [-0.2, -0.15) is 12.6 Å². The maximum atomic E-state index is 12.0. The highest BCUT2D eigenvalue weighted by Crippen LogP contribution is 2.31. The van der Waals surface area contributed by atoms with Crippen LogP contribution in [0.5, 0.6) is 11.5 Å². The van der Waals surface area contributed by atoms with E-state index < -0.39 is 18.1 Å². The Morgan fingerprint density at radius 3 is 2.31 bits per heavy atom. The van der Waals surface area contributed by atoms with E-state index in [-0.39, 0.29) is 11.5 Å². The first-order valence-electron chi connectivity index (χ1n) is 4.08. The van der Waals surface area contributed by atoms with Crippen molar-refractivity contribution < 1.29 is 27.4 Å². The SMILES string of the molecule is O=C(CS)Oc1ccccc1OC(F)(F)F. The summed E-state index contributed by atoms with van der Waals surface area (Å²) in [6, 6.07) is 5.00. The molecule has 0 saturated carbocycles. The van der Waals surface area contributed by atoms with Crippen molar-refractivity contribution in [3.8, 4) is 11.5 Å². The molecule has 0 unspecified atom stereocenters. The molecule has 1 aromatic rings. The van der Waals surface area contributed by atoms with Gasteiger partial charge in [0.1, 0.15) is 0 Å². The molecule has 7 heteroatoms. The Morgan fingerprint density at radius 2 is 1.81 bits per heavy atom. The van der Waals surface area contributed by atoms with Crippen LogP contribution in [0.1, 0.15) is 0 Å². The maximum absolute atomic E-state index is 12.0. The zero-order chi connectivity index (χ0) is 12.2. The average Bonchev–Trinajstić information content (AvgIpc) is 2.18. The summed E-state index contributed by atoms with van der Waals surface area (Å²) in [5.41, 5.74) is 0. The number of hydrogen-bond acceptors (Lipinski definition) is 4. The first kappa shape index (κ1) is 12.7. The topological polar surface area (TPSA) is 35.5 Å². The quantitative estimate of drug-likeness (QED) is 0.510. The Labute approximate surface area is 94.6 Å². The van der Waals surface area contributed by atoms with Gasteiger partial charge in [0.2, 0.25) is 0 Å². The molecule has 0 aliphatic carbocycles. The minimum Gasteiger partial charge on any atom is -0.422 e. The molecule has 0 aliphatic rings. The van der Waals surface area contributed by atoms with Gasteiger partial charge in [0, 0.05) is 0 Å². The molecule has 0 fully saturated rings. The molecule has 88 valence electrons. The molecule has 0 bridgehead atoms. The Balaban J connectivity index is 2.87. The monoisotopic (exact) mass is 252 g/mol. The van der Waals surface area contributed by atoms with Crippen molar-refractivity contribution in [2.24, 2.45) is 0 Å². The number of ether oxygens (including phenoxy) is 2. The molecular weight excluding hydrogens is 245 g/mol. The largest absolute Gasteiger partial charge is 0.573 e. The van der Waals surface area contributed by atoms with Gasteiger partial charge < -0.3 is 9.47 Å². The van der Waals surface area contributed by atoms with Crippen LogP contribution in [0, 0.1) is 0 Å². The number of alkyl halides is 3. The number of thiol groups is 1. The van der Waals surface area contributed by atoms with Gasteiger partial charge in [-0.25, -0.2) is 0 Å². The van der Waals surface area contributed by atoms with Gasteiger partial charge in [0.05, 0.1) is 5.75 Å². The van der Waals surface area contributed by atoms with Crippen LogP contribution in [0.25, 0.3) is 0 Å². The highest BCUT2D eigenvalue weighted by Gasteiger charge is 2.32. The van der Waals surface area contributed by atoms with E-state index in [1.807, 2.05) is 0 Å². The third kappa shape index (κ3) is 4.01. The lowest BCUT2D eigenvalue weighted by atomic mass is 10.3. The number of hydrogen-bond donors (Lipinski definition) is 1. The van der Waals surface area contributed by atoms with Gasteiger partial charge >= 0.3 is 12.3 Å². The molecule has 0 spiro atoms. The highest BCUT2D eigenvalue weighted by atomic mass is 32.1. The van der Waals surface area contributed by atoms with Gasteiger partial charge in [-0.3, -0.25) is 4.79 Å².